The van der Waals surface area contributed by atoms with Crippen molar-refractivity contribution in [3.8, 4) is 0 Å². The van der Waals surface area contributed by atoms with Gasteiger partial charge in [-0.3, -0.25) is 0 Å². The minimum Gasteiger partial charge on any atom is -0.166 e. The number of hydrogen-bond acceptors (Lipinski definition) is 1. The molecule has 0 radical (unpaired) electrons. The first-order chi connectivity index (χ1) is 6.43. The first-order valence-corrected chi connectivity index (χ1v) is 4.40. The fourth-order valence-electron chi connectivity index (χ4n) is 1.04. The van der Waals surface area contributed by atoms with E-state index < -0.39 is 11.1 Å². The molecule has 0 unspecified atom stereocenters. The second-order valence-corrected chi connectivity index (χ2v) is 3.28. The average Bonchev–Trinajstić information content (AvgIpc) is 2.15. The van der Waals surface area contributed by atoms with E-state index in [0.29, 0.717) is 5.56 Å². The third kappa shape index (κ3) is 2.54. The largest absolute Gasteiger partial charge is 0.422 e. The topological polar surface area (TPSA) is 0 Å². The van der Waals surface area contributed by atoms with E-state index in [1.54, 1.807) is 30.3 Å². The van der Waals surface area contributed by atoms with E-state index in [1.165, 1.54) is 6.92 Å². The summed E-state index contributed by atoms with van der Waals surface area (Å²) in [5.74, 6) is 0. The lowest BCUT2D eigenvalue weighted by molar-refractivity contribution is -0.0829. The molecular weight excluding hydrogens is 209 g/mol. The van der Waals surface area contributed by atoms with Gasteiger partial charge in [-0.1, -0.05) is 30.3 Å². The number of rotatable bonds is 1. The molecule has 0 bridgehead atoms. The predicted molar refractivity (Wildman–Crippen MR) is 54.1 cm³/mol. The third-order valence-electron chi connectivity index (χ3n) is 1.83. The van der Waals surface area contributed by atoms with Crippen LogP contribution in [0.1, 0.15) is 12.5 Å². The Labute approximate surface area is 85.9 Å². The zero-order chi connectivity index (χ0) is 10.8. The van der Waals surface area contributed by atoms with Crippen molar-refractivity contribution < 1.29 is 13.2 Å². The molecule has 0 nitrogen and oxygen atoms in total. The van der Waals surface area contributed by atoms with Gasteiger partial charge in [0.1, 0.15) is 0 Å². The van der Waals surface area contributed by atoms with Gasteiger partial charge >= 0.3 is 6.18 Å². The summed E-state index contributed by atoms with van der Waals surface area (Å²) in [7, 11) is 0. The number of allylic oxidation sites excluding steroid dienone is 2. The summed E-state index contributed by atoms with van der Waals surface area (Å²) in [6.07, 6.45) is -4.37. The van der Waals surface area contributed by atoms with Crippen molar-refractivity contribution >= 4 is 18.2 Å². The molecule has 0 heterocycles. The lowest BCUT2D eigenvalue weighted by Crippen LogP contribution is -2.08. The Morgan fingerprint density at radius 2 is 1.64 bits per heavy atom. The van der Waals surface area contributed by atoms with E-state index >= 15 is 0 Å². The average molecular weight is 218 g/mol. The smallest absolute Gasteiger partial charge is 0.166 e. The van der Waals surface area contributed by atoms with E-state index in [-0.39, 0.29) is 5.57 Å². The number of hydrogen-bond donors (Lipinski definition) is 1. The van der Waals surface area contributed by atoms with Crippen molar-refractivity contribution in [2.45, 2.75) is 13.1 Å². The zero-order valence-electron chi connectivity index (χ0n) is 7.47. The van der Waals surface area contributed by atoms with E-state index in [4.69, 9.17) is 0 Å². The van der Waals surface area contributed by atoms with E-state index in [0.717, 1.165) is 0 Å². The van der Waals surface area contributed by atoms with Crippen LogP contribution in [-0.2, 0) is 0 Å². The van der Waals surface area contributed by atoms with Gasteiger partial charge in [-0.2, -0.15) is 13.2 Å². The highest BCUT2D eigenvalue weighted by atomic mass is 32.1. The van der Waals surface area contributed by atoms with Crippen LogP contribution in [0.2, 0.25) is 0 Å². The Morgan fingerprint density at radius 1 is 1.14 bits per heavy atom. The first kappa shape index (κ1) is 11.2. The normalized spacial score (nSPS) is 13.8. The molecular formula is C10H9F3S. The van der Waals surface area contributed by atoms with Crippen molar-refractivity contribution in [3.63, 3.8) is 0 Å². The molecule has 1 aromatic carbocycles. The Bertz CT molecular complexity index is 338. The molecule has 0 fully saturated rings. The van der Waals surface area contributed by atoms with Crippen LogP contribution in [-0.4, -0.2) is 6.18 Å². The maximum Gasteiger partial charge on any atom is 0.422 e. The Morgan fingerprint density at radius 3 is 2.07 bits per heavy atom. The molecule has 0 N–H and O–H groups in total. The van der Waals surface area contributed by atoms with Crippen LogP contribution in [0.5, 0.6) is 0 Å². The zero-order valence-corrected chi connectivity index (χ0v) is 8.36. The second-order valence-electron chi connectivity index (χ2n) is 2.84. The standard InChI is InChI=1S/C10H9F3S/c1-7(9(14)10(11,12)13)8-5-3-2-4-6-8/h2-6,14H,1H3/b9-7+. The van der Waals surface area contributed by atoms with Crippen LogP contribution in [0.25, 0.3) is 5.57 Å². The molecule has 1 rings (SSSR count). The fourth-order valence-corrected chi connectivity index (χ4v) is 1.17. The van der Waals surface area contributed by atoms with Crippen LogP contribution in [0.4, 0.5) is 13.2 Å². The lowest BCUT2D eigenvalue weighted by Gasteiger charge is -2.10. The number of halogens is 3. The van der Waals surface area contributed by atoms with Crippen LogP contribution in [0.15, 0.2) is 35.2 Å². The second kappa shape index (κ2) is 4.09. The Hall–Kier alpha value is -0.900. The van der Waals surface area contributed by atoms with Gasteiger partial charge in [0, 0.05) is 0 Å². The molecule has 0 aliphatic rings. The number of benzene rings is 1. The molecule has 4 heteroatoms. The summed E-state index contributed by atoms with van der Waals surface area (Å²) >= 11 is 3.47. The van der Waals surface area contributed by atoms with Crippen LogP contribution in [0, 0.1) is 0 Å². The van der Waals surface area contributed by atoms with E-state index in [2.05, 4.69) is 12.6 Å². The quantitative estimate of drug-likeness (QED) is 0.679. The first-order valence-electron chi connectivity index (χ1n) is 3.95. The summed E-state index contributed by atoms with van der Waals surface area (Å²) < 4.78 is 36.8. The Balaban J connectivity index is 3.12. The summed E-state index contributed by atoms with van der Waals surface area (Å²) in [5.41, 5.74) is 0.677. The van der Waals surface area contributed by atoms with Crippen molar-refractivity contribution in [1.29, 1.82) is 0 Å². The molecule has 0 aliphatic carbocycles. The SMILES string of the molecule is C/C(=C(\S)C(F)(F)F)c1ccccc1. The molecule has 0 saturated heterocycles. The fraction of sp³-hybridized carbons (Fsp3) is 0.200. The van der Waals surface area contributed by atoms with Gasteiger partial charge in [0.2, 0.25) is 0 Å². The monoisotopic (exact) mass is 218 g/mol. The van der Waals surface area contributed by atoms with Gasteiger partial charge in [0.05, 0.1) is 4.91 Å². The Kier molecular flexibility index (Phi) is 3.26. The van der Waals surface area contributed by atoms with Gasteiger partial charge in [-0.25, -0.2) is 0 Å². The molecule has 0 amide bonds. The highest BCUT2D eigenvalue weighted by molar-refractivity contribution is 7.84. The maximum absolute atomic E-state index is 12.3. The van der Waals surface area contributed by atoms with Gasteiger partial charge in [-0.15, -0.1) is 12.6 Å². The van der Waals surface area contributed by atoms with E-state index in [9.17, 15) is 13.2 Å². The van der Waals surface area contributed by atoms with Crippen LogP contribution >= 0.6 is 12.6 Å². The van der Waals surface area contributed by atoms with E-state index in [1.807, 2.05) is 0 Å². The van der Waals surface area contributed by atoms with Gasteiger partial charge in [0.25, 0.3) is 0 Å². The minimum absolute atomic E-state index is 0.140. The molecule has 0 aromatic heterocycles. The highest BCUT2D eigenvalue weighted by Crippen LogP contribution is 2.34. The minimum atomic E-state index is -4.37. The molecule has 0 spiro atoms. The molecule has 1 aromatic rings. The summed E-state index contributed by atoms with van der Waals surface area (Å²) in [5, 5.41) is 0. The molecule has 0 aliphatic heterocycles. The molecule has 0 saturated carbocycles. The third-order valence-corrected chi connectivity index (χ3v) is 2.42. The number of thiol groups is 1. The van der Waals surface area contributed by atoms with Gasteiger partial charge < -0.3 is 0 Å². The molecule has 0 atom stereocenters. The summed E-state index contributed by atoms with van der Waals surface area (Å²) in [6, 6.07) is 8.38. The molecule has 14 heavy (non-hydrogen) atoms. The van der Waals surface area contributed by atoms with Crippen molar-refractivity contribution in [2.75, 3.05) is 0 Å². The summed E-state index contributed by atoms with van der Waals surface area (Å²) in [4.78, 5) is -0.844. The van der Waals surface area contributed by atoms with Gasteiger partial charge in [-0.05, 0) is 18.1 Å². The summed E-state index contributed by atoms with van der Waals surface area (Å²) in [6.45, 7) is 1.41. The van der Waals surface area contributed by atoms with Crippen LogP contribution < -0.4 is 0 Å². The predicted octanol–water partition coefficient (Wildman–Crippen LogP) is 3.91. The van der Waals surface area contributed by atoms with Crippen molar-refractivity contribution in [3.05, 3.63) is 40.8 Å². The maximum atomic E-state index is 12.3. The highest BCUT2D eigenvalue weighted by Gasteiger charge is 2.32. The van der Waals surface area contributed by atoms with Crippen molar-refractivity contribution in [1.82, 2.24) is 0 Å². The van der Waals surface area contributed by atoms with Gasteiger partial charge in [0.15, 0.2) is 0 Å². The lowest BCUT2D eigenvalue weighted by atomic mass is 10.1. The number of alkyl halides is 3. The van der Waals surface area contributed by atoms with Crippen molar-refractivity contribution in [2.24, 2.45) is 0 Å². The molecule has 76 valence electrons. The van der Waals surface area contributed by atoms with Crippen LogP contribution in [0.3, 0.4) is 0 Å².